The minimum atomic E-state index is -0.163. The number of nitrogens with one attached hydrogen (secondary N) is 1. The lowest BCUT2D eigenvalue weighted by Gasteiger charge is -2.36. The summed E-state index contributed by atoms with van der Waals surface area (Å²) in [5.41, 5.74) is 1.04. The van der Waals surface area contributed by atoms with Crippen LogP contribution in [0.25, 0.3) is 0 Å². The van der Waals surface area contributed by atoms with Gasteiger partial charge in [-0.25, -0.2) is 0 Å². The summed E-state index contributed by atoms with van der Waals surface area (Å²) in [6.45, 7) is 8.79. The highest BCUT2D eigenvalue weighted by atomic mass is 35.5. The van der Waals surface area contributed by atoms with Gasteiger partial charge < -0.3 is 4.90 Å². The second-order valence-corrected chi connectivity index (χ2v) is 7.15. The first-order valence-electron chi connectivity index (χ1n) is 8.79. The minimum absolute atomic E-state index is 0.163. The van der Waals surface area contributed by atoms with Crippen LogP contribution in [0.15, 0.2) is 24.3 Å². The van der Waals surface area contributed by atoms with Gasteiger partial charge in [0.05, 0.1) is 6.54 Å². The van der Waals surface area contributed by atoms with Gasteiger partial charge in [0.1, 0.15) is 0 Å². The predicted molar refractivity (Wildman–Crippen MR) is 96.7 cm³/mol. The van der Waals surface area contributed by atoms with E-state index in [1.807, 2.05) is 17.0 Å². The average Bonchev–Trinajstić information content (AvgIpc) is 2.58. The molecule has 1 aromatic carbocycles. The molecule has 1 saturated heterocycles. The van der Waals surface area contributed by atoms with Crippen molar-refractivity contribution in [1.29, 1.82) is 0 Å². The lowest BCUT2D eigenvalue weighted by molar-refractivity contribution is -0.132. The Morgan fingerprint density at radius 3 is 2.30 bits per heavy atom. The standard InChI is InChI=1S/C19H29ClN2O/c1-4-19(5-2,16-6-8-17(20)9-7-16)21-14-18(23)22-12-10-15(3)11-13-22/h6-9,15,21H,4-5,10-14H2,1-3H3. The quantitative estimate of drug-likeness (QED) is 0.844. The number of carbonyl (C=O) groups is 1. The molecule has 1 heterocycles. The number of amides is 1. The van der Waals surface area contributed by atoms with E-state index in [-0.39, 0.29) is 11.4 Å². The van der Waals surface area contributed by atoms with E-state index in [0.29, 0.717) is 6.54 Å². The second kappa shape index (κ2) is 8.16. The van der Waals surface area contributed by atoms with Crippen LogP contribution in [0, 0.1) is 5.92 Å². The van der Waals surface area contributed by atoms with Crippen LogP contribution in [-0.2, 0) is 10.3 Å². The lowest BCUT2D eigenvalue weighted by atomic mass is 9.84. The van der Waals surface area contributed by atoms with E-state index in [2.05, 4.69) is 38.2 Å². The van der Waals surface area contributed by atoms with E-state index in [1.54, 1.807) is 0 Å². The highest BCUT2D eigenvalue weighted by molar-refractivity contribution is 6.30. The molecule has 0 aliphatic carbocycles. The molecule has 0 bridgehead atoms. The van der Waals surface area contributed by atoms with Gasteiger partial charge in [0.25, 0.3) is 0 Å². The van der Waals surface area contributed by atoms with E-state index < -0.39 is 0 Å². The first-order valence-corrected chi connectivity index (χ1v) is 9.17. The van der Waals surface area contributed by atoms with Crippen LogP contribution in [0.3, 0.4) is 0 Å². The normalized spacial score (nSPS) is 16.6. The third-order valence-electron chi connectivity index (χ3n) is 5.32. The van der Waals surface area contributed by atoms with Gasteiger partial charge in [0.15, 0.2) is 0 Å². The van der Waals surface area contributed by atoms with Crippen molar-refractivity contribution in [2.24, 2.45) is 5.92 Å². The van der Waals surface area contributed by atoms with Crippen molar-refractivity contribution in [2.45, 2.75) is 52.0 Å². The van der Waals surface area contributed by atoms with Crippen molar-refractivity contribution in [2.75, 3.05) is 19.6 Å². The molecule has 0 radical (unpaired) electrons. The number of carbonyl (C=O) groups excluding carboxylic acids is 1. The number of hydrogen-bond donors (Lipinski definition) is 1. The maximum Gasteiger partial charge on any atom is 0.236 e. The zero-order valence-corrected chi connectivity index (χ0v) is 15.3. The molecule has 1 aliphatic heterocycles. The molecule has 3 nitrogen and oxygen atoms in total. The molecule has 128 valence electrons. The van der Waals surface area contributed by atoms with E-state index in [4.69, 9.17) is 11.6 Å². The summed E-state index contributed by atoms with van der Waals surface area (Å²) in [6, 6.07) is 7.98. The van der Waals surface area contributed by atoms with Gasteiger partial charge in [0.2, 0.25) is 5.91 Å². The van der Waals surface area contributed by atoms with E-state index >= 15 is 0 Å². The number of halogens is 1. The van der Waals surface area contributed by atoms with Crippen molar-refractivity contribution in [1.82, 2.24) is 10.2 Å². The van der Waals surface area contributed by atoms with Crippen LogP contribution in [0.1, 0.15) is 52.0 Å². The summed E-state index contributed by atoms with van der Waals surface area (Å²) < 4.78 is 0. The number of hydrogen-bond acceptors (Lipinski definition) is 2. The number of nitrogens with zero attached hydrogens (tertiary/aromatic N) is 1. The summed E-state index contributed by atoms with van der Waals surface area (Å²) >= 11 is 6.01. The summed E-state index contributed by atoms with van der Waals surface area (Å²) in [6.07, 6.45) is 4.12. The molecule has 23 heavy (non-hydrogen) atoms. The molecule has 0 atom stereocenters. The van der Waals surface area contributed by atoms with Crippen molar-refractivity contribution in [3.63, 3.8) is 0 Å². The van der Waals surface area contributed by atoms with Crippen LogP contribution in [0.5, 0.6) is 0 Å². The number of likely N-dealkylation sites (tertiary alicyclic amines) is 1. The van der Waals surface area contributed by atoms with Crippen molar-refractivity contribution in [3.8, 4) is 0 Å². The van der Waals surface area contributed by atoms with Gasteiger partial charge in [-0.15, -0.1) is 0 Å². The Morgan fingerprint density at radius 1 is 1.22 bits per heavy atom. The highest BCUT2D eigenvalue weighted by Crippen LogP contribution is 2.29. The van der Waals surface area contributed by atoms with E-state index in [9.17, 15) is 4.79 Å². The van der Waals surface area contributed by atoms with Crippen molar-refractivity contribution >= 4 is 17.5 Å². The van der Waals surface area contributed by atoms with Gasteiger partial charge in [-0.3, -0.25) is 10.1 Å². The van der Waals surface area contributed by atoms with Gasteiger partial charge in [-0.1, -0.05) is 44.5 Å². The van der Waals surface area contributed by atoms with Crippen LogP contribution in [-0.4, -0.2) is 30.4 Å². The molecule has 0 saturated carbocycles. The number of benzene rings is 1. The molecule has 0 aromatic heterocycles. The number of rotatable bonds is 6. The largest absolute Gasteiger partial charge is 0.342 e. The van der Waals surface area contributed by atoms with Gasteiger partial charge in [0, 0.05) is 23.7 Å². The summed E-state index contributed by atoms with van der Waals surface area (Å²) in [4.78, 5) is 14.5. The molecule has 1 aliphatic rings. The summed E-state index contributed by atoms with van der Waals surface area (Å²) in [5.74, 6) is 0.962. The van der Waals surface area contributed by atoms with Crippen LogP contribution < -0.4 is 5.32 Å². The highest BCUT2D eigenvalue weighted by Gasteiger charge is 2.29. The molecule has 1 fully saturated rings. The zero-order valence-electron chi connectivity index (χ0n) is 14.6. The second-order valence-electron chi connectivity index (χ2n) is 6.71. The Hall–Kier alpha value is -1.06. The fourth-order valence-corrected chi connectivity index (χ4v) is 3.52. The third kappa shape index (κ3) is 4.48. The Kier molecular flexibility index (Phi) is 6.49. The zero-order chi connectivity index (χ0) is 16.9. The molecule has 1 amide bonds. The molecule has 0 spiro atoms. The molecular formula is C19H29ClN2O. The minimum Gasteiger partial charge on any atom is -0.342 e. The smallest absolute Gasteiger partial charge is 0.236 e. The Bertz CT molecular complexity index is 503. The molecule has 4 heteroatoms. The molecule has 1 aromatic rings. The predicted octanol–water partition coefficient (Wildman–Crippen LogP) is 4.20. The topological polar surface area (TPSA) is 32.3 Å². The van der Waals surface area contributed by atoms with Crippen LogP contribution >= 0.6 is 11.6 Å². The third-order valence-corrected chi connectivity index (χ3v) is 5.57. The fourth-order valence-electron chi connectivity index (χ4n) is 3.39. The summed E-state index contributed by atoms with van der Waals surface area (Å²) in [5, 5.41) is 4.29. The molecule has 0 unspecified atom stereocenters. The monoisotopic (exact) mass is 336 g/mol. The van der Waals surface area contributed by atoms with Gasteiger partial charge in [-0.2, -0.15) is 0 Å². The molecular weight excluding hydrogens is 308 g/mol. The SMILES string of the molecule is CCC(CC)(NCC(=O)N1CCC(C)CC1)c1ccc(Cl)cc1. The lowest BCUT2D eigenvalue weighted by Crippen LogP contribution is -2.49. The molecule has 2 rings (SSSR count). The van der Waals surface area contributed by atoms with Crippen LogP contribution in [0.4, 0.5) is 0 Å². The maximum atomic E-state index is 12.5. The Morgan fingerprint density at radius 2 is 1.78 bits per heavy atom. The van der Waals surface area contributed by atoms with Crippen molar-refractivity contribution < 1.29 is 4.79 Å². The van der Waals surface area contributed by atoms with Crippen LogP contribution in [0.2, 0.25) is 5.02 Å². The Balaban J connectivity index is 2.01. The summed E-state index contributed by atoms with van der Waals surface area (Å²) in [7, 11) is 0. The number of piperidine rings is 1. The maximum absolute atomic E-state index is 12.5. The Labute approximate surface area is 145 Å². The first-order chi connectivity index (χ1) is 11.0. The molecule has 1 N–H and O–H groups in total. The van der Waals surface area contributed by atoms with E-state index in [1.165, 1.54) is 5.56 Å². The first kappa shape index (κ1) is 18.3. The van der Waals surface area contributed by atoms with Gasteiger partial charge in [-0.05, 0) is 49.3 Å². The van der Waals surface area contributed by atoms with Crippen molar-refractivity contribution in [3.05, 3.63) is 34.9 Å². The van der Waals surface area contributed by atoms with Gasteiger partial charge >= 0.3 is 0 Å². The average molecular weight is 337 g/mol. The van der Waals surface area contributed by atoms with E-state index in [0.717, 1.165) is 49.7 Å². The fraction of sp³-hybridized carbons (Fsp3) is 0.632.